The van der Waals surface area contributed by atoms with E-state index in [9.17, 15) is 4.79 Å². The standard InChI is InChI=1S/C15H18N6O2/c1-10-17-13(18-23-10)11-4-3-5-20(9-11)15(22)12-8-16-21-7-6-19(2)14(12)21/h6-8,11H,3-5,9H2,1-2H3/t11-/m0/s1. The minimum absolute atomic E-state index is 0.00622. The minimum atomic E-state index is 0.00622. The van der Waals surface area contributed by atoms with Gasteiger partial charge >= 0.3 is 0 Å². The van der Waals surface area contributed by atoms with Crippen LogP contribution in [0.3, 0.4) is 0 Å². The largest absolute Gasteiger partial charge is 0.340 e. The third kappa shape index (κ3) is 2.30. The van der Waals surface area contributed by atoms with Gasteiger partial charge in [-0.25, -0.2) is 4.52 Å². The molecular weight excluding hydrogens is 296 g/mol. The molecule has 4 rings (SSSR count). The smallest absolute Gasteiger partial charge is 0.259 e. The number of carbonyl (C=O) groups excluding carboxylic acids is 1. The first-order valence-corrected chi connectivity index (χ1v) is 7.71. The molecule has 1 amide bonds. The van der Waals surface area contributed by atoms with E-state index >= 15 is 0 Å². The van der Waals surface area contributed by atoms with Crippen LogP contribution in [0.5, 0.6) is 0 Å². The number of piperidine rings is 1. The molecule has 3 aromatic rings. The van der Waals surface area contributed by atoms with Crippen molar-refractivity contribution in [3.8, 4) is 0 Å². The summed E-state index contributed by atoms with van der Waals surface area (Å²) in [7, 11) is 1.91. The van der Waals surface area contributed by atoms with Crippen LogP contribution in [0.4, 0.5) is 0 Å². The van der Waals surface area contributed by atoms with E-state index in [4.69, 9.17) is 4.52 Å². The second kappa shape index (κ2) is 5.22. The predicted molar refractivity (Wildman–Crippen MR) is 81.1 cm³/mol. The van der Waals surface area contributed by atoms with E-state index in [2.05, 4.69) is 15.2 Å². The number of carbonyl (C=O) groups is 1. The second-order valence-corrected chi connectivity index (χ2v) is 6.00. The van der Waals surface area contributed by atoms with Gasteiger partial charge in [0.05, 0.1) is 6.20 Å². The summed E-state index contributed by atoms with van der Waals surface area (Å²) in [6.07, 6.45) is 7.27. The van der Waals surface area contributed by atoms with Crippen molar-refractivity contribution in [3.63, 3.8) is 0 Å². The third-order valence-corrected chi connectivity index (χ3v) is 4.38. The molecule has 4 heterocycles. The number of rotatable bonds is 2. The van der Waals surface area contributed by atoms with Gasteiger partial charge in [-0.15, -0.1) is 0 Å². The van der Waals surface area contributed by atoms with Gasteiger partial charge in [0.2, 0.25) is 5.89 Å². The van der Waals surface area contributed by atoms with E-state index in [0.717, 1.165) is 25.0 Å². The molecule has 0 aromatic carbocycles. The molecule has 1 fully saturated rings. The van der Waals surface area contributed by atoms with Crippen LogP contribution >= 0.6 is 0 Å². The van der Waals surface area contributed by atoms with E-state index < -0.39 is 0 Å². The highest BCUT2D eigenvalue weighted by Crippen LogP contribution is 2.26. The number of hydrogen-bond donors (Lipinski definition) is 0. The third-order valence-electron chi connectivity index (χ3n) is 4.38. The van der Waals surface area contributed by atoms with Crippen molar-refractivity contribution >= 4 is 11.6 Å². The van der Waals surface area contributed by atoms with Gasteiger partial charge in [-0.2, -0.15) is 10.1 Å². The summed E-state index contributed by atoms with van der Waals surface area (Å²) in [5, 5.41) is 8.25. The van der Waals surface area contributed by atoms with Gasteiger partial charge in [0.15, 0.2) is 5.82 Å². The first kappa shape index (κ1) is 14.0. The molecule has 0 unspecified atom stereocenters. The maximum atomic E-state index is 12.9. The van der Waals surface area contributed by atoms with Crippen LogP contribution in [0.1, 0.15) is 40.8 Å². The Labute approximate surface area is 132 Å². The van der Waals surface area contributed by atoms with E-state index in [0.29, 0.717) is 23.8 Å². The monoisotopic (exact) mass is 314 g/mol. The van der Waals surface area contributed by atoms with Gasteiger partial charge in [0, 0.05) is 45.4 Å². The van der Waals surface area contributed by atoms with Gasteiger partial charge in [-0.3, -0.25) is 4.79 Å². The quantitative estimate of drug-likeness (QED) is 0.714. The number of amides is 1. The van der Waals surface area contributed by atoms with Crippen LogP contribution in [0, 0.1) is 6.92 Å². The lowest BCUT2D eigenvalue weighted by Gasteiger charge is -2.31. The number of imidazole rings is 1. The topological polar surface area (TPSA) is 81.5 Å². The maximum absolute atomic E-state index is 12.9. The van der Waals surface area contributed by atoms with Crippen LogP contribution in [-0.2, 0) is 7.05 Å². The van der Waals surface area contributed by atoms with E-state index in [1.807, 2.05) is 28.9 Å². The number of hydrogen-bond acceptors (Lipinski definition) is 5. The van der Waals surface area contributed by atoms with Crippen LogP contribution in [-0.4, -0.2) is 48.2 Å². The fraction of sp³-hybridized carbons (Fsp3) is 0.467. The number of likely N-dealkylation sites (tertiary alicyclic amines) is 1. The molecule has 8 nitrogen and oxygen atoms in total. The maximum Gasteiger partial charge on any atom is 0.259 e. The first-order valence-electron chi connectivity index (χ1n) is 7.71. The van der Waals surface area contributed by atoms with Crippen molar-refractivity contribution in [1.82, 2.24) is 29.2 Å². The van der Waals surface area contributed by atoms with Crippen LogP contribution in [0.25, 0.3) is 5.65 Å². The molecule has 0 radical (unpaired) electrons. The van der Waals surface area contributed by atoms with E-state index in [-0.39, 0.29) is 11.8 Å². The molecule has 8 heteroatoms. The Morgan fingerprint density at radius 3 is 3.04 bits per heavy atom. The number of fused-ring (bicyclic) bond motifs is 1. The lowest BCUT2D eigenvalue weighted by molar-refractivity contribution is 0.0705. The van der Waals surface area contributed by atoms with Crippen molar-refractivity contribution in [2.45, 2.75) is 25.7 Å². The second-order valence-electron chi connectivity index (χ2n) is 6.00. The minimum Gasteiger partial charge on any atom is -0.340 e. The Kier molecular flexibility index (Phi) is 3.17. The average Bonchev–Trinajstić information content (AvgIpc) is 3.25. The van der Waals surface area contributed by atoms with Gasteiger partial charge in [0.1, 0.15) is 11.2 Å². The Hall–Kier alpha value is -2.64. The van der Waals surface area contributed by atoms with Crippen molar-refractivity contribution in [1.29, 1.82) is 0 Å². The van der Waals surface area contributed by atoms with Crippen LogP contribution < -0.4 is 0 Å². The fourth-order valence-electron chi connectivity index (χ4n) is 3.22. The molecule has 0 bridgehead atoms. The van der Waals surface area contributed by atoms with Crippen molar-refractivity contribution in [2.75, 3.05) is 13.1 Å². The van der Waals surface area contributed by atoms with Crippen molar-refractivity contribution in [3.05, 3.63) is 35.9 Å². The van der Waals surface area contributed by atoms with E-state index in [1.54, 1.807) is 17.6 Å². The summed E-state index contributed by atoms with van der Waals surface area (Å²) >= 11 is 0. The summed E-state index contributed by atoms with van der Waals surface area (Å²) in [5.41, 5.74) is 1.44. The van der Waals surface area contributed by atoms with E-state index in [1.165, 1.54) is 0 Å². The summed E-state index contributed by atoms with van der Waals surface area (Å²) in [6.45, 7) is 3.13. The molecule has 0 spiro atoms. The number of aryl methyl sites for hydroxylation is 2. The lowest BCUT2D eigenvalue weighted by atomic mass is 9.97. The fourth-order valence-corrected chi connectivity index (χ4v) is 3.22. The van der Waals surface area contributed by atoms with Gasteiger partial charge < -0.3 is 14.0 Å². The number of aromatic nitrogens is 5. The molecule has 120 valence electrons. The zero-order valence-electron chi connectivity index (χ0n) is 13.1. The van der Waals surface area contributed by atoms with Gasteiger partial charge in [0.25, 0.3) is 5.91 Å². The van der Waals surface area contributed by atoms with Crippen molar-refractivity contribution < 1.29 is 9.32 Å². The highest BCUT2D eigenvalue weighted by atomic mass is 16.5. The molecule has 0 saturated carbocycles. The molecule has 1 aliphatic rings. The molecular formula is C15H18N6O2. The summed E-state index contributed by atoms with van der Waals surface area (Å²) in [6, 6.07) is 0. The highest BCUT2D eigenvalue weighted by Gasteiger charge is 2.30. The Bertz CT molecular complexity index is 860. The SMILES string of the molecule is Cc1nc([C@H]2CCCN(C(=O)c3cnn4ccn(C)c34)C2)no1. The molecule has 1 saturated heterocycles. The van der Waals surface area contributed by atoms with Gasteiger partial charge in [-0.1, -0.05) is 5.16 Å². The Morgan fingerprint density at radius 1 is 1.39 bits per heavy atom. The normalized spacial score (nSPS) is 18.7. The first-order chi connectivity index (χ1) is 11.1. The summed E-state index contributed by atoms with van der Waals surface area (Å²) in [5.74, 6) is 1.39. The lowest BCUT2D eigenvalue weighted by Crippen LogP contribution is -2.39. The molecule has 3 aromatic heterocycles. The zero-order valence-corrected chi connectivity index (χ0v) is 13.1. The number of nitrogens with zero attached hydrogens (tertiary/aromatic N) is 6. The summed E-state index contributed by atoms with van der Waals surface area (Å²) in [4.78, 5) is 19.1. The van der Waals surface area contributed by atoms with Crippen LogP contribution in [0.2, 0.25) is 0 Å². The van der Waals surface area contributed by atoms with Crippen LogP contribution in [0.15, 0.2) is 23.1 Å². The zero-order chi connectivity index (χ0) is 16.0. The molecule has 23 heavy (non-hydrogen) atoms. The predicted octanol–water partition coefficient (Wildman–Crippen LogP) is 1.38. The molecule has 1 aliphatic heterocycles. The molecule has 0 aliphatic carbocycles. The molecule has 0 N–H and O–H groups in total. The highest BCUT2D eigenvalue weighted by molar-refractivity contribution is 5.99. The van der Waals surface area contributed by atoms with Gasteiger partial charge in [-0.05, 0) is 12.8 Å². The molecule has 1 atom stereocenters. The Morgan fingerprint density at radius 2 is 2.26 bits per heavy atom. The summed E-state index contributed by atoms with van der Waals surface area (Å²) < 4.78 is 8.69. The van der Waals surface area contributed by atoms with Crippen molar-refractivity contribution in [2.24, 2.45) is 7.05 Å². The average molecular weight is 314 g/mol. The Balaban J connectivity index is 1.59.